The number of amides is 1. The van der Waals surface area contributed by atoms with Gasteiger partial charge in [0, 0.05) is 31.1 Å². The summed E-state index contributed by atoms with van der Waals surface area (Å²) in [5.74, 6) is -0.608. The second kappa shape index (κ2) is 8.10. The highest BCUT2D eigenvalue weighted by atomic mass is 35.5. The number of carbonyl (C=O) groups is 1. The molecule has 3 rings (SSSR count). The molecule has 0 aliphatic carbocycles. The summed E-state index contributed by atoms with van der Waals surface area (Å²) < 4.78 is 14.1. The molecule has 0 aromatic heterocycles. The lowest BCUT2D eigenvalue weighted by molar-refractivity contribution is 0.0676. The molecule has 150 valence electrons. The number of halogens is 2. The first-order chi connectivity index (χ1) is 13.2. The van der Waals surface area contributed by atoms with E-state index < -0.39 is 17.4 Å². The van der Waals surface area contributed by atoms with Gasteiger partial charge in [0.05, 0.1) is 11.1 Å². The number of likely N-dealkylation sites (tertiary alicyclic amines) is 1. The Balaban J connectivity index is 1.94. The van der Waals surface area contributed by atoms with Crippen LogP contribution in [0.15, 0.2) is 48.5 Å². The van der Waals surface area contributed by atoms with Crippen LogP contribution in [0.2, 0.25) is 5.02 Å². The molecule has 1 heterocycles. The molecule has 28 heavy (non-hydrogen) atoms. The van der Waals surface area contributed by atoms with Crippen molar-refractivity contribution >= 4 is 17.7 Å². The number of rotatable bonds is 4. The molecule has 1 saturated heterocycles. The van der Waals surface area contributed by atoms with Crippen LogP contribution in [0.25, 0.3) is 0 Å². The smallest absolute Gasteiger partial charge is 0.408 e. The van der Waals surface area contributed by atoms with E-state index in [4.69, 9.17) is 11.6 Å². The Morgan fingerprint density at radius 2 is 1.89 bits per heavy atom. The van der Waals surface area contributed by atoms with Gasteiger partial charge in [0.25, 0.3) is 0 Å². The van der Waals surface area contributed by atoms with E-state index in [0.29, 0.717) is 13.1 Å². The molecule has 1 fully saturated rings. The lowest BCUT2D eigenvalue weighted by Crippen LogP contribution is -2.53. The van der Waals surface area contributed by atoms with Crippen molar-refractivity contribution in [2.45, 2.75) is 44.8 Å². The maximum absolute atomic E-state index is 14.1. The predicted molar refractivity (Wildman–Crippen MR) is 109 cm³/mol. The average molecular weight is 405 g/mol. The molecule has 2 aromatic rings. The number of carboxylic acid groups (broad SMARTS) is 1. The molecule has 0 radical (unpaired) electrons. The summed E-state index contributed by atoms with van der Waals surface area (Å²) in [7, 11) is 0. The van der Waals surface area contributed by atoms with Crippen molar-refractivity contribution in [3.8, 4) is 0 Å². The lowest BCUT2D eigenvalue weighted by atomic mass is 9.90. The largest absolute Gasteiger partial charge is 0.465 e. The van der Waals surface area contributed by atoms with Crippen LogP contribution >= 0.6 is 11.6 Å². The Morgan fingerprint density at radius 1 is 1.21 bits per heavy atom. The molecule has 1 aliphatic heterocycles. The normalized spacial score (nSPS) is 20.3. The molecule has 1 N–H and O–H groups in total. The number of hydrogen-bond acceptors (Lipinski definition) is 2. The molecule has 1 amide bonds. The van der Waals surface area contributed by atoms with Crippen molar-refractivity contribution in [2.24, 2.45) is 0 Å². The molecule has 2 atom stereocenters. The zero-order chi connectivity index (χ0) is 20.5. The molecular formula is C22H26ClFN2O2. The summed E-state index contributed by atoms with van der Waals surface area (Å²) in [4.78, 5) is 15.9. The SMILES string of the molecule is CC(C)(C)N(C(=O)O)[C@H]1CN(Cc2ccccc2)C[C@@H]1c1ccc(Cl)c(F)c1. The van der Waals surface area contributed by atoms with Crippen molar-refractivity contribution in [3.05, 3.63) is 70.5 Å². The van der Waals surface area contributed by atoms with E-state index in [1.165, 1.54) is 16.5 Å². The first-order valence-corrected chi connectivity index (χ1v) is 9.78. The first-order valence-electron chi connectivity index (χ1n) is 9.40. The van der Waals surface area contributed by atoms with Crippen LogP contribution in [-0.2, 0) is 6.54 Å². The monoisotopic (exact) mass is 404 g/mol. The summed E-state index contributed by atoms with van der Waals surface area (Å²) in [6.45, 7) is 7.64. The van der Waals surface area contributed by atoms with E-state index in [2.05, 4.69) is 17.0 Å². The van der Waals surface area contributed by atoms with Crippen molar-refractivity contribution in [3.63, 3.8) is 0 Å². The fourth-order valence-corrected chi connectivity index (χ4v) is 4.21. The van der Waals surface area contributed by atoms with E-state index in [-0.39, 0.29) is 17.0 Å². The predicted octanol–water partition coefficient (Wildman–Crippen LogP) is 5.23. The molecule has 4 nitrogen and oxygen atoms in total. The van der Waals surface area contributed by atoms with Gasteiger partial charge in [-0.15, -0.1) is 0 Å². The van der Waals surface area contributed by atoms with Gasteiger partial charge in [0.15, 0.2) is 0 Å². The van der Waals surface area contributed by atoms with Crippen molar-refractivity contribution in [2.75, 3.05) is 13.1 Å². The lowest BCUT2D eigenvalue weighted by Gasteiger charge is -2.40. The van der Waals surface area contributed by atoms with Crippen LogP contribution < -0.4 is 0 Å². The Morgan fingerprint density at radius 3 is 2.46 bits per heavy atom. The highest BCUT2D eigenvalue weighted by Crippen LogP contribution is 2.36. The summed E-state index contributed by atoms with van der Waals surface area (Å²) in [5.41, 5.74) is 1.38. The van der Waals surface area contributed by atoms with Gasteiger partial charge in [-0.1, -0.05) is 48.0 Å². The van der Waals surface area contributed by atoms with Crippen LogP contribution in [0.5, 0.6) is 0 Å². The number of benzene rings is 2. The maximum Gasteiger partial charge on any atom is 0.408 e. The standard InChI is InChI=1S/C22H26ClFN2O2/c1-22(2,3)26(21(27)28)20-14-25(12-15-7-5-4-6-8-15)13-17(20)16-9-10-18(23)19(24)11-16/h4-11,17,20H,12-14H2,1-3H3,(H,27,28)/t17-,20+/m1/s1. The van der Waals surface area contributed by atoms with Gasteiger partial charge in [-0.05, 0) is 44.0 Å². The quantitative estimate of drug-likeness (QED) is 0.759. The minimum absolute atomic E-state index is 0.0744. The molecular weight excluding hydrogens is 379 g/mol. The van der Waals surface area contributed by atoms with Crippen molar-refractivity contribution in [1.82, 2.24) is 9.80 Å². The molecule has 0 unspecified atom stereocenters. The second-order valence-electron chi connectivity index (χ2n) is 8.35. The van der Waals surface area contributed by atoms with E-state index in [0.717, 1.165) is 12.1 Å². The van der Waals surface area contributed by atoms with Gasteiger partial charge >= 0.3 is 6.09 Å². The highest BCUT2D eigenvalue weighted by molar-refractivity contribution is 6.30. The minimum Gasteiger partial charge on any atom is -0.465 e. The first kappa shape index (κ1) is 20.6. The van der Waals surface area contributed by atoms with Gasteiger partial charge in [0.1, 0.15) is 5.82 Å². The van der Waals surface area contributed by atoms with Gasteiger partial charge in [0.2, 0.25) is 0 Å². The number of hydrogen-bond donors (Lipinski definition) is 1. The van der Waals surface area contributed by atoms with Crippen LogP contribution in [0.1, 0.15) is 37.8 Å². The van der Waals surface area contributed by atoms with Gasteiger partial charge < -0.3 is 5.11 Å². The summed E-state index contributed by atoms with van der Waals surface area (Å²) >= 11 is 5.86. The van der Waals surface area contributed by atoms with E-state index in [1.54, 1.807) is 12.1 Å². The maximum atomic E-state index is 14.1. The summed E-state index contributed by atoms with van der Waals surface area (Å²) in [6, 6.07) is 14.6. The van der Waals surface area contributed by atoms with Crippen LogP contribution in [-0.4, -0.2) is 45.7 Å². The van der Waals surface area contributed by atoms with E-state index >= 15 is 0 Å². The van der Waals surface area contributed by atoms with E-state index in [9.17, 15) is 14.3 Å². The van der Waals surface area contributed by atoms with Crippen LogP contribution in [0.3, 0.4) is 0 Å². The minimum atomic E-state index is -0.960. The third-order valence-corrected chi connectivity index (χ3v) is 5.55. The molecule has 0 bridgehead atoms. The van der Waals surface area contributed by atoms with Crippen molar-refractivity contribution < 1.29 is 14.3 Å². The van der Waals surface area contributed by atoms with Gasteiger partial charge in [-0.25, -0.2) is 9.18 Å². The van der Waals surface area contributed by atoms with Crippen molar-refractivity contribution in [1.29, 1.82) is 0 Å². The zero-order valence-electron chi connectivity index (χ0n) is 16.4. The molecule has 6 heteroatoms. The van der Waals surface area contributed by atoms with Crippen LogP contribution in [0, 0.1) is 5.82 Å². The van der Waals surface area contributed by atoms with E-state index in [1.807, 2.05) is 39.0 Å². The third-order valence-electron chi connectivity index (χ3n) is 5.25. The van der Waals surface area contributed by atoms with Gasteiger partial charge in [-0.2, -0.15) is 0 Å². The fraction of sp³-hybridized carbons (Fsp3) is 0.409. The molecule has 0 spiro atoms. The Kier molecular flexibility index (Phi) is 5.96. The molecule has 1 aliphatic rings. The highest BCUT2D eigenvalue weighted by Gasteiger charge is 2.43. The Labute approximate surface area is 170 Å². The van der Waals surface area contributed by atoms with Crippen LogP contribution in [0.4, 0.5) is 9.18 Å². The molecule has 0 saturated carbocycles. The Bertz CT molecular complexity index is 838. The summed E-state index contributed by atoms with van der Waals surface area (Å²) in [5, 5.41) is 10.00. The topological polar surface area (TPSA) is 43.8 Å². The Hall–Kier alpha value is -2.11. The average Bonchev–Trinajstić information content (AvgIpc) is 2.99. The van der Waals surface area contributed by atoms with Gasteiger partial charge in [-0.3, -0.25) is 9.80 Å². The third kappa shape index (κ3) is 4.47. The number of nitrogens with zero attached hydrogens (tertiary/aromatic N) is 2. The second-order valence-corrected chi connectivity index (χ2v) is 8.76. The molecule has 2 aromatic carbocycles. The zero-order valence-corrected chi connectivity index (χ0v) is 17.2. The fourth-order valence-electron chi connectivity index (χ4n) is 4.10. The summed E-state index contributed by atoms with van der Waals surface area (Å²) in [6.07, 6.45) is -0.960.